The Morgan fingerprint density at radius 2 is 1.24 bits per heavy atom. The number of hydrogen-bond donors (Lipinski definition) is 0. The molecule has 0 aliphatic rings. The van der Waals surface area contributed by atoms with Crippen LogP contribution < -0.4 is 10.4 Å². The summed E-state index contributed by atoms with van der Waals surface area (Å²) in [5.74, 6) is 0. The van der Waals surface area contributed by atoms with E-state index in [1.807, 2.05) is 0 Å². The van der Waals surface area contributed by atoms with Gasteiger partial charge in [0.2, 0.25) is 0 Å². The van der Waals surface area contributed by atoms with E-state index in [-0.39, 0.29) is 0 Å². The molecule has 0 amide bonds. The fourth-order valence-electron chi connectivity index (χ4n) is 3.40. The lowest BCUT2D eigenvalue weighted by Gasteiger charge is -2.08. The van der Waals surface area contributed by atoms with Crippen LogP contribution in [0.4, 0.5) is 0 Å². The molecule has 0 nitrogen and oxygen atoms in total. The average Bonchev–Trinajstić information content (AvgIpc) is 2.62. The van der Waals surface area contributed by atoms with Gasteiger partial charge in [0, 0.05) is 0 Å². The van der Waals surface area contributed by atoms with E-state index in [4.69, 9.17) is 0 Å². The van der Waals surface area contributed by atoms with E-state index in [0.717, 1.165) is 6.42 Å². The van der Waals surface area contributed by atoms with Gasteiger partial charge in [-0.05, 0) is 49.0 Å². The molecule has 0 spiro atoms. The van der Waals surface area contributed by atoms with Gasteiger partial charge < -0.3 is 0 Å². The van der Waals surface area contributed by atoms with Gasteiger partial charge in [0.25, 0.3) is 0 Å². The van der Waals surface area contributed by atoms with Crippen LogP contribution in [0.1, 0.15) is 29.5 Å². The van der Waals surface area contributed by atoms with Crippen molar-refractivity contribution in [3.8, 4) is 0 Å². The largest absolute Gasteiger partial charge is 0.0953 e. The van der Waals surface area contributed by atoms with Crippen molar-refractivity contribution in [1.29, 1.82) is 0 Å². The zero-order valence-electron chi connectivity index (χ0n) is 15.2. The summed E-state index contributed by atoms with van der Waals surface area (Å²) in [6.45, 7) is 4.38. The molecule has 0 radical (unpaired) electrons. The number of unbranched alkanes of at least 4 members (excludes halogenated alkanes) is 1. The van der Waals surface area contributed by atoms with Crippen LogP contribution in [-0.2, 0) is 6.42 Å². The smallest absolute Gasteiger partial charge is 0.0760 e. The second kappa shape index (κ2) is 8.73. The van der Waals surface area contributed by atoms with Crippen LogP contribution >= 0.6 is 0 Å². The third-order valence-corrected chi connectivity index (χ3v) is 7.08. The Labute approximate surface area is 153 Å². The molecule has 0 N–H and O–H groups in total. The normalized spacial score (nSPS) is 10.5. The van der Waals surface area contributed by atoms with Gasteiger partial charge in [-0.25, -0.2) is 0 Å². The van der Waals surface area contributed by atoms with Gasteiger partial charge >= 0.3 is 0 Å². The molecule has 3 aromatic carbocycles. The zero-order valence-corrected chi connectivity index (χ0v) is 16.2. The SMILES string of the molecule is Cc1cc(C)cc(CCCC=[Si](c2ccccc2)c2ccccc2)c1. The fraction of sp³-hybridized carbons (Fsp3) is 0.208. The van der Waals surface area contributed by atoms with Gasteiger partial charge in [-0.2, -0.15) is 0 Å². The molecule has 0 aliphatic heterocycles. The van der Waals surface area contributed by atoms with Crippen molar-refractivity contribution in [1.82, 2.24) is 0 Å². The number of rotatable bonds is 6. The summed E-state index contributed by atoms with van der Waals surface area (Å²) in [5.41, 5.74) is 6.80. The maximum Gasteiger partial charge on any atom is 0.0760 e. The van der Waals surface area contributed by atoms with Crippen molar-refractivity contribution in [2.75, 3.05) is 0 Å². The van der Waals surface area contributed by atoms with Gasteiger partial charge in [0.05, 0.1) is 8.41 Å². The van der Waals surface area contributed by atoms with Gasteiger partial charge in [-0.1, -0.05) is 95.7 Å². The molecular formula is C24H26Si. The molecule has 25 heavy (non-hydrogen) atoms. The molecule has 0 saturated heterocycles. The highest BCUT2D eigenvalue weighted by Gasteiger charge is 2.05. The van der Waals surface area contributed by atoms with Crippen LogP contribution in [-0.4, -0.2) is 14.1 Å². The third-order valence-electron chi connectivity index (χ3n) is 4.47. The Balaban J connectivity index is 1.73. The Hall–Kier alpha value is -2.25. The third kappa shape index (κ3) is 5.11. The molecule has 0 atom stereocenters. The molecule has 0 aromatic heterocycles. The molecule has 0 fully saturated rings. The lowest BCUT2D eigenvalue weighted by molar-refractivity contribution is 0.875. The van der Waals surface area contributed by atoms with Crippen LogP contribution in [0.25, 0.3) is 0 Å². The van der Waals surface area contributed by atoms with Crippen LogP contribution in [0.15, 0.2) is 78.9 Å². The lowest BCUT2D eigenvalue weighted by Crippen LogP contribution is -2.36. The van der Waals surface area contributed by atoms with Crippen molar-refractivity contribution >= 4 is 24.5 Å². The monoisotopic (exact) mass is 342 g/mol. The minimum Gasteiger partial charge on any atom is -0.0953 e. The van der Waals surface area contributed by atoms with E-state index in [1.165, 1.54) is 39.9 Å². The Kier molecular flexibility index (Phi) is 6.13. The molecule has 3 rings (SSSR count). The highest BCUT2D eigenvalue weighted by molar-refractivity contribution is 6.88. The van der Waals surface area contributed by atoms with Crippen molar-refractivity contribution in [3.05, 3.63) is 95.6 Å². The molecule has 0 saturated carbocycles. The van der Waals surface area contributed by atoms with E-state index < -0.39 is 8.41 Å². The highest BCUT2D eigenvalue weighted by atomic mass is 28.2. The fourth-order valence-corrected chi connectivity index (χ4v) is 5.80. The first-order chi connectivity index (χ1) is 12.2. The van der Waals surface area contributed by atoms with Crippen molar-refractivity contribution in [2.24, 2.45) is 0 Å². The average molecular weight is 343 g/mol. The minimum absolute atomic E-state index is 0.795. The predicted octanol–water partition coefficient (Wildman–Crippen LogP) is 4.32. The predicted molar refractivity (Wildman–Crippen MR) is 113 cm³/mol. The molecule has 0 heterocycles. The Morgan fingerprint density at radius 1 is 0.720 bits per heavy atom. The maximum absolute atomic E-state index is 2.58. The van der Waals surface area contributed by atoms with Gasteiger partial charge in [-0.15, -0.1) is 0 Å². The van der Waals surface area contributed by atoms with E-state index >= 15 is 0 Å². The summed E-state index contributed by atoms with van der Waals surface area (Å²) in [6, 6.07) is 28.9. The molecule has 126 valence electrons. The van der Waals surface area contributed by atoms with E-state index in [1.54, 1.807) is 0 Å². The first kappa shape index (κ1) is 17.6. The topological polar surface area (TPSA) is 0 Å². The molecular weight excluding hydrogens is 316 g/mol. The summed E-state index contributed by atoms with van der Waals surface area (Å²) < 4.78 is 0. The number of benzene rings is 3. The van der Waals surface area contributed by atoms with E-state index in [2.05, 4.69) is 98.4 Å². The van der Waals surface area contributed by atoms with Crippen molar-refractivity contribution in [3.63, 3.8) is 0 Å². The van der Waals surface area contributed by atoms with E-state index in [0.29, 0.717) is 0 Å². The Morgan fingerprint density at radius 3 is 1.76 bits per heavy atom. The first-order valence-electron chi connectivity index (χ1n) is 9.10. The highest BCUT2D eigenvalue weighted by Crippen LogP contribution is 2.11. The summed E-state index contributed by atoms with van der Waals surface area (Å²) in [4.78, 5) is 0. The molecule has 3 aromatic rings. The Bertz CT molecular complexity index is 771. The van der Waals surface area contributed by atoms with Gasteiger partial charge in [0.1, 0.15) is 0 Å². The summed E-state index contributed by atoms with van der Waals surface area (Å²) in [7, 11) is -0.795. The standard InChI is InChI=1S/C24H26Si/c1-20-17-21(2)19-22(18-20)11-9-10-16-25(23-12-5-3-6-13-23)24-14-7-4-8-15-24/h3-8,12-19H,9-11H2,1-2H3. The van der Waals surface area contributed by atoms with E-state index in [9.17, 15) is 0 Å². The van der Waals surface area contributed by atoms with Crippen molar-refractivity contribution < 1.29 is 0 Å². The molecule has 0 aliphatic carbocycles. The van der Waals surface area contributed by atoms with Crippen LogP contribution in [0.5, 0.6) is 0 Å². The van der Waals surface area contributed by atoms with Crippen LogP contribution in [0, 0.1) is 13.8 Å². The molecule has 0 unspecified atom stereocenters. The summed E-state index contributed by atoms with van der Waals surface area (Å²) >= 11 is 0. The minimum atomic E-state index is -0.795. The zero-order chi connectivity index (χ0) is 17.5. The second-order valence-corrected chi connectivity index (χ2v) is 9.13. The molecule has 0 bridgehead atoms. The van der Waals surface area contributed by atoms with Gasteiger partial charge in [0.15, 0.2) is 0 Å². The van der Waals surface area contributed by atoms with Crippen molar-refractivity contribution in [2.45, 2.75) is 33.1 Å². The number of hydrogen-bond acceptors (Lipinski definition) is 0. The molecule has 1 heteroatoms. The summed E-state index contributed by atoms with van der Waals surface area (Å²) in [6.07, 6.45) is 3.56. The quantitative estimate of drug-likeness (QED) is 0.462. The lowest BCUT2D eigenvalue weighted by atomic mass is 10.0. The van der Waals surface area contributed by atoms with Crippen LogP contribution in [0.2, 0.25) is 0 Å². The van der Waals surface area contributed by atoms with Gasteiger partial charge in [-0.3, -0.25) is 0 Å². The summed E-state index contributed by atoms with van der Waals surface area (Å²) in [5, 5.41) is 2.95. The van der Waals surface area contributed by atoms with Crippen LogP contribution in [0.3, 0.4) is 0 Å². The second-order valence-electron chi connectivity index (χ2n) is 6.74. The maximum atomic E-state index is 2.58. The first-order valence-corrected chi connectivity index (χ1v) is 10.7. The number of aryl methyl sites for hydroxylation is 3.